The summed E-state index contributed by atoms with van der Waals surface area (Å²) in [7, 11) is 0. The van der Waals surface area contributed by atoms with Gasteiger partial charge in [0.1, 0.15) is 5.60 Å². The smallest absolute Gasteiger partial charge is 0.223 e. The van der Waals surface area contributed by atoms with E-state index in [-0.39, 0.29) is 11.5 Å². The molecular weight excluding hydrogens is 292 g/mol. The van der Waals surface area contributed by atoms with Gasteiger partial charge in [0.15, 0.2) is 0 Å². The van der Waals surface area contributed by atoms with Crippen LogP contribution in [0.3, 0.4) is 0 Å². The monoisotopic (exact) mass is 318 g/mol. The predicted molar refractivity (Wildman–Crippen MR) is 86.7 cm³/mol. The van der Waals surface area contributed by atoms with Crippen molar-refractivity contribution >= 4 is 5.91 Å². The lowest BCUT2D eigenvalue weighted by Crippen LogP contribution is -2.66. The van der Waals surface area contributed by atoms with E-state index in [1.807, 2.05) is 23.1 Å². The van der Waals surface area contributed by atoms with E-state index < -0.39 is 0 Å². The van der Waals surface area contributed by atoms with Crippen LogP contribution in [0.25, 0.3) is 0 Å². The summed E-state index contributed by atoms with van der Waals surface area (Å²) >= 11 is 0. The third kappa shape index (κ3) is 3.72. The van der Waals surface area contributed by atoms with Crippen molar-refractivity contribution in [1.29, 1.82) is 0 Å². The first-order chi connectivity index (χ1) is 11.1. The Hall–Kier alpha value is -1.46. The van der Waals surface area contributed by atoms with Gasteiger partial charge in [0.05, 0.1) is 32.0 Å². The van der Waals surface area contributed by atoms with Crippen LogP contribution in [-0.2, 0) is 20.9 Å². The number of hydrogen-bond donors (Lipinski definition) is 0. The maximum Gasteiger partial charge on any atom is 0.223 e. The molecule has 2 aliphatic rings. The maximum absolute atomic E-state index is 12.1. The molecule has 0 saturated carbocycles. The number of aromatic nitrogens is 1. The highest BCUT2D eigenvalue weighted by Gasteiger charge is 2.54. The number of pyridine rings is 1. The van der Waals surface area contributed by atoms with Gasteiger partial charge in [-0.15, -0.1) is 0 Å². The fraction of sp³-hybridized carbons (Fsp3) is 0.667. The Bertz CT molecular complexity index is 526. The summed E-state index contributed by atoms with van der Waals surface area (Å²) in [6, 6.07) is 5.84. The van der Waals surface area contributed by atoms with Crippen LogP contribution in [0.2, 0.25) is 0 Å². The minimum absolute atomic E-state index is 0.170. The van der Waals surface area contributed by atoms with E-state index in [4.69, 9.17) is 9.47 Å². The lowest BCUT2D eigenvalue weighted by atomic mass is 9.81. The lowest BCUT2D eigenvalue weighted by Gasteiger charge is -2.50. The summed E-state index contributed by atoms with van der Waals surface area (Å²) in [5.41, 5.74) is 0.777. The summed E-state index contributed by atoms with van der Waals surface area (Å²) in [5.74, 6) is 1.02. The zero-order valence-corrected chi connectivity index (χ0v) is 14.0. The molecular formula is C18H26N2O3. The van der Waals surface area contributed by atoms with Gasteiger partial charge < -0.3 is 14.4 Å². The van der Waals surface area contributed by atoms with Crippen molar-refractivity contribution < 1.29 is 14.3 Å². The molecule has 2 saturated heterocycles. The van der Waals surface area contributed by atoms with E-state index in [0.717, 1.165) is 31.8 Å². The Morgan fingerprint density at radius 1 is 1.48 bits per heavy atom. The zero-order valence-electron chi connectivity index (χ0n) is 14.0. The second kappa shape index (κ2) is 6.97. The fourth-order valence-electron chi connectivity index (χ4n) is 3.41. The van der Waals surface area contributed by atoms with Crippen LogP contribution in [-0.4, -0.2) is 47.7 Å². The highest BCUT2D eigenvalue weighted by atomic mass is 16.5. The number of ether oxygens (including phenoxy) is 2. The van der Waals surface area contributed by atoms with Gasteiger partial charge >= 0.3 is 0 Å². The van der Waals surface area contributed by atoms with E-state index in [2.05, 4.69) is 18.8 Å². The average molecular weight is 318 g/mol. The molecule has 5 heteroatoms. The number of nitrogens with zero attached hydrogens (tertiary/aromatic N) is 2. The molecule has 1 spiro atoms. The van der Waals surface area contributed by atoms with Crippen LogP contribution in [0, 0.1) is 11.8 Å². The largest absolute Gasteiger partial charge is 0.375 e. The first-order valence-corrected chi connectivity index (χ1v) is 8.48. The van der Waals surface area contributed by atoms with E-state index >= 15 is 0 Å². The van der Waals surface area contributed by atoms with Gasteiger partial charge in [-0.1, -0.05) is 19.9 Å². The molecule has 0 N–H and O–H groups in total. The molecule has 1 amide bonds. The summed E-state index contributed by atoms with van der Waals surface area (Å²) in [6.45, 7) is 7.56. The molecule has 3 rings (SSSR count). The Kier molecular flexibility index (Phi) is 4.97. The Balaban J connectivity index is 1.46. The summed E-state index contributed by atoms with van der Waals surface area (Å²) in [6.07, 6.45) is 3.41. The van der Waals surface area contributed by atoms with E-state index in [1.165, 1.54) is 0 Å². The molecule has 1 unspecified atom stereocenters. The molecule has 1 atom stereocenters. The molecule has 5 nitrogen and oxygen atoms in total. The number of likely N-dealkylation sites (tertiary alicyclic amines) is 1. The third-order valence-corrected chi connectivity index (χ3v) is 4.75. The molecule has 126 valence electrons. The zero-order chi connectivity index (χ0) is 16.3. The Labute approximate surface area is 138 Å². The maximum atomic E-state index is 12.1. The molecule has 0 radical (unpaired) electrons. The summed E-state index contributed by atoms with van der Waals surface area (Å²) in [4.78, 5) is 18.3. The SMILES string of the molecule is CC(C)CC(=O)N1CC2(C1)OCCC2COCc1ccccn1. The summed E-state index contributed by atoms with van der Waals surface area (Å²) < 4.78 is 11.8. The lowest BCUT2D eigenvalue weighted by molar-refractivity contribution is -0.169. The molecule has 2 aliphatic heterocycles. The molecule has 1 aromatic rings. The molecule has 0 aromatic carbocycles. The van der Waals surface area contributed by atoms with Crippen molar-refractivity contribution in [3.8, 4) is 0 Å². The highest BCUT2D eigenvalue weighted by molar-refractivity contribution is 5.77. The second-order valence-electron chi connectivity index (χ2n) is 7.08. The fourth-order valence-corrected chi connectivity index (χ4v) is 3.41. The van der Waals surface area contributed by atoms with Gasteiger partial charge in [-0.05, 0) is 24.5 Å². The van der Waals surface area contributed by atoms with Crippen molar-refractivity contribution in [2.45, 2.75) is 38.9 Å². The number of rotatable bonds is 6. The molecule has 0 aliphatic carbocycles. The van der Waals surface area contributed by atoms with Crippen molar-refractivity contribution in [1.82, 2.24) is 9.88 Å². The second-order valence-corrected chi connectivity index (χ2v) is 7.08. The number of hydrogen-bond acceptors (Lipinski definition) is 4. The van der Waals surface area contributed by atoms with Gasteiger partial charge in [0.2, 0.25) is 5.91 Å². The molecule has 1 aromatic heterocycles. The van der Waals surface area contributed by atoms with Crippen molar-refractivity contribution in [3.63, 3.8) is 0 Å². The Morgan fingerprint density at radius 2 is 2.30 bits per heavy atom. The highest BCUT2D eigenvalue weighted by Crippen LogP contribution is 2.40. The van der Waals surface area contributed by atoms with Crippen molar-refractivity contribution in [3.05, 3.63) is 30.1 Å². The van der Waals surface area contributed by atoms with Crippen LogP contribution in [0.1, 0.15) is 32.4 Å². The minimum atomic E-state index is -0.170. The number of amides is 1. The third-order valence-electron chi connectivity index (χ3n) is 4.75. The van der Waals surface area contributed by atoms with Gasteiger partial charge in [-0.2, -0.15) is 0 Å². The van der Waals surface area contributed by atoms with Crippen LogP contribution < -0.4 is 0 Å². The van der Waals surface area contributed by atoms with Crippen LogP contribution in [0.5, 0.6) is 0 Å². The first-order valence-electron chi connectivity index (χ1n) is 8.48. The van der Waals surface area contributed by atoms with Crippen LogP contribution in [0.4, 0.5) is 0 Å². The van der Waals surface area contributed by atoms with Crippen molar-refractivity contribution in [2.24, 2.45) is 11.8 Å². The standard InChI is InChI=1S/C18H26N2O3/c1-14(2)9-17(21)20-12-18(13-20)15(6-8-23-18)10-22-11-16-5-3-4-7-19-16/h3-5,7,14-15H,6,8-13H2,1-2H3. The quantitative estimate of drug-likeness (QED) is 0.807. The van der Waals surface area contributed by atoms with Gasteiger partial charge in [-0.3, -0.25) is 9.78 Å². The van der Waals surface area contributed by atoms with Crippen molar-refractivity contribution in [2.75, 3.05) is 26.3 Å². The van der Waals surface area contributed by atoms with E-state index in [9.17, 15) is 4.79 Å². The minimum Gasteiger partial charge on any atom is -0.375 e. The molecule has 3 heterocycles. The molecule has 23 heavy (non-hydrogen) atoms. The molecule has 0 bridgehead atoms. The molecule has 2 fully saturated rings. The van der Waals surface area contributed by atoms with Crippen LogP contribution in [0.15, 0.2) is 24.4 Å². The average Bonchev–Trinajstić information content (AvgIpc) is 2.90. The summed E-state index contributed by atoms with van der Waals surface area (Å²) in [5, 5.41) is 0. The topological polar surface area (TPSA) is 51.7 Å². The van der Waals surface area contributed by atoms with E-state index in [1.54, 1.807) is 6.20 Å². The predicted octanol–water partition coefficient (Wildman–Crippen LogP) is 2.26. The Morgan fingerprint density at radius 3 is 3.00 bits per heavy atom. The normalized spacial score (nSPS) is 22.6. The first kappa shape index (κ1) is 16.4. The van der Waals surface area contributed by atoms with Gasteiger partial charge in [-0.25, -0.2) is 0 Å². The van der Waals surface area contributed by atoms with Gasteiger partial charge in [0.25, 0.3) is 0 Å². The van der Waals surface area contributed by atoms with E-state index in [0.29, 0.717) is 31.5 Å². The number of carbonyl (C=O) groups excluding carboxylic acids is 1. The number of carbonyl (C=O) groups is 1. The van der Waals surface area contributed by atoms with Crippen LogP contribution >= 0.6 is 0 Å². The van der Waals surface area contributed by atoms with Gasteiger partial charge in [0, 0.05) is 25.1 Å².